The van der Waals surface area contributed by atoms with Crippen molar-refractivity contribution in [3.05, 3.63) is 42.1 Å². The zero-order valence-corrected chi connectivity index (χ0v) is 9.02. The third-order valence-electron chi connectivity index (χ3n) is 1.65. The van der Waals surface area contributed by atoms with Crippen LogP contribution in [0, 0.1) is 13.8 Å². The highest BCUT2D eigenvalue weighted by molar-refractivity contribution is 5.53. The second-order valence-electron chi connectivity index (χ2n) is 2.67. The summed E-state index contributed by atoms with van der Waals surface area (Å²) >= 11 is 0. The van der Waals surface area contributed by atoms with Gasteiger partial charge in [-0.05, 0) is 37.2 Å². The van der Waals surface area contributed by atoms with Crippen LogP contribution < -0.4 is 5.32 Å². The lowest BCUT2D eigenvalue weighted by atomic mass is 10.1. The maximum absolute atomic E-state index is 3.62. The maximum Gasteiger partial charge on any atom is 0.0411 e. The minimum atomic E-state index is 0. The van der Waals surface area contributed by atoms with Crippen molar-refractivity contribution in [3.63, 3.8) is 0 Å². The lowest BCUT2D eigenvalue weighted by molar-refractivity contribution is 1.38. The molecular weight excluding hydrogens is 170 g/mol. The maximum atomic E-state index is 3.62. The molecule has 1 heteroatoms. The van der Waals surface area contributed by atoms with E-state index in [1.165, 1.54) is 11.1 Å². The highest BCUT2D eigenvalue weighted by Gasteiger charge is 1.93. The Bertz CT molecular complexity index is 264. The van der Waals surface area contributed by atoms with E-state index < -0.39 is 0 Å². The van der Waals surface area contributed by atoms with Crippen molar-refractivity contribution in [2.24, 2.45) is 0 Å². The molecule has 0 aliphatic heterocycles. The van der Waals surface area contributed by atoms with Gasteiger partial charge < -0.3 is 5.32 Å². The normalized spacial score (nSPS) is 7.71. The van der Waals surface area contributed by atoms with E-state index in [0.29, 0.717) is 0 Å². The minimum absolute atomic E-state index is 0. The molecule has 1 N–H and O–H groups in total. The average Bonchev–Trinajstić information content (AvgIpc) is 2.15. The largest absolute Gasteiger partial charge is 0.362 e. The van der Waals surface area contributed by atoms with Crippen LogP contribution in [-0.2, 0) is 0 Å². The molecule has 0 bridgehead atoms. The van der Waals surface area contributed by atoms with Crippen LogP contribution in [0.3, 0.4) is 0 Å². The Kier molecular flexibility index (Phi) is 9.10. The quantitative estimate of drug-likeness (QED) is 0.728. The summed E-state index contributed by atoms with van der Waals surface area (Å²) in [6, 6.07) is 6.31. The molecule has 1 aromatic rings. The summed E-state index contributed by atoms with van der Waals surface area (Å²) < 4.78 is 0. The predicted octanol–water partition coefficient (Wildman–Crippen LogP) is 4.52. The SMILES string of the molecule is C.C=CNc1cc(C)ccc1C.CC. The Hall–Kier alpha value is -1.24. The van der Waals surface area contributed by atoms with Gasteiger partial charge in [0.1, 0.15) is 0 Å². The van der Waals surface area contributed by atoms with Crippen LogP contribution in [0.5, 0.6) is 0 Å². The third kappa shape index (κ3) is 4.70. The molecule has 0 radical (unpaired) electrons. The molecule has 0 unspecified atom stereocenters. The molecule has 0 heterocycles. The van der Waals surface area contributed by atoms with E-state index in [-0.39, 0.29) is 7.43 Å². The first kappa shape index (κ1) is 15.2. The fourth-order valence-electron chi connectivity index (χ4n) is 1.00. The number of anilines is 1. The Morgan fingerprint density at radius 3 is 2.29 bits per heavy atom. The Balaban J connectivity index is 0. The molecule has 0 atom stereocenters. The van der Waals surface area contributed by atoms with Crippen LogP contribution in [0.2, 0.25) is 0 Å². The molecular formula is C13H23N. The molecule has 0 saturated carbocycles. The van der Waals surface area contributed by atoms with Gasteiger partial charge in [0.25, 0.3) is 0 Å². The van der Waals surface area contributed by atoms with E-state index in [4.69, 9.17) is 0 Å². The molecule has 1 rings (SSSR count). The number of aryl methyl sites for hydroxylation is 2. The highest BCUT2D eigenvalue weighted by atomic mass is 14.8. The zero-order valence-electron chi connectivity index (χ0n) is 9.02. The second-order valence-corrected chi connectivity index (χ2v) is 2.67. The number of hydrogen-bond acceptors (Lipinski definition) is 1. The second kappa shape index (κ2) is 8.36. The van der Waals surface area contributed by atoms with E-state index in [1.807, 2.05) is 13.8 Å². The van der Waals surface area contributed by atoms with Crippen molar-refractivity contribution < 1.29 is 0 Å². The summed E-state index contributed by atoms with van der Waals surface area (Å²) in [7, 11) is 0. The number of nitrogens with one attached hydrogen (secondary N) is 1. The fourth-order valence-corrected chi connectivity index (χ4v) is 1.00. The standard InChI is InChI=1S/C10H13N.C2H6.CH4/c1-4-11-10-7-8(2)5-6-9(10)3;1-2;/h4-7,11H,1H2,2-3H3;1-2H3;1H4. The van der Waals surface area contributed by atoms with Crippen molar-refractivity contribution in [1.29, 1.82) is 0 Å². The summed E-state index contributed by atoms with van der Waals surface area (Å²) in [6.45, 7) is 11.8. The third-order valence-corrected chi connectivity index (χ3v) is 1.65. The Morgan fingerprint density at radius 2 is 1.79 bits per heavy atom. The molecule has 14 heavy (non-hydrogen) atoms. The summed E-state index contributed by atoms with van der Waals surface area (Å²) in [5.74, 6) is 0. The first-order valence-corrected chi connectivity index (χ1v) is 4.68. The molecule has 80 valence electrons. The van der Waals surface area contributed by atoms with Gasteiger partial charge in [-0.1, -0.05) is 40.0 Å². The Labute approximate surface area is 88.9 Å². The summed E-state index contributed by atoms with van der Waals surface area (Å²) in [5.41, 5.74) is 3.65. The molecule has 1 aromatic carbocycles. The summed E-state index contributed by atoms with van der Waals surface area (Å²) in [5, 5.41) is 3.08. The summed E-state index contributed by atoms with van der Waals surface area (Å²) in [6.07, 6.45) is 1.70. The van der Waals surface area contributed by atoms with Gasteiger partial charge in [-0.3, -0.25) is 0 Å². The molecule has 0 spiro atoms. The van der Waals surface area contributed by atoms with Gasteiger partial charge in [0.05, 0.1) is 0 Å². The van der Waals surface area contributed by atoms with Gasteiger partial charge in [0, 0.05) is 5.69 Å². The lowest BCUT2D eigenvalue weighted by Crippen LogP contribution is -1.90. The van der Waals surface area contributed by atoms with E-state index in [0.717, 1.165) is 5.69 Å². The molecule has 0 amide bonds. The van der Waals surface area contributed by atoms with Gasteiger partial charge in [0.15, 0.2) is 0 Å². The number of benzene rings is 1. The molecule has 0 saturated heterocycles. The van der Waals surface area contributed by atoms with Crippen LogP contribution in [-0.4, -0.2) is 0 Å². The smallest absolute Gasteiger partial charge is 0.0411 e. The first-order valence-electron chi connectivity index (χ1n) is 4.68. The Morgan fingerprint density at radius 1 is 1.21 bits per heavy atom. The van der Waals surface area contributed by atoms with Crippen LogP contribution in [0.25, 0.3) is 0 Å². The monoisotopic (exact) mass is 193 g/mol. The van der Waals surface area contributed by atoms with Gasteiger partial charge in [0.2, 0.25) is 0 Å². The number of hydrogen-bond donors (Lipinski definition) is 1. The van der Waals surface area contributed by atoms with Crippen LogP contribution in [0.4, 0.5) is 5.69 Å². The first-order chi connectivity index (χ1) is 6.24. The van der Waals surface area contributed by atoms with E-state index >= 15 is 0 Å². The van der Waals surface area contributed by atoms with Crippen molar-refractivity contribution in [2.75, 3.05) is 5.32 Å². The fraction of sp³-hybridized carbons (Fsp3) is 0.385. The topological polar surface area (TPSA) is 12.0 Å². The molecule has 0 aliphatic carbocycles. The molecule has 0 aromatic heterocycles. The van der Waals surface area contributed by atoms with Crippen LogP contribution >= 0.6 is 0 Å². The molecule has 0 fully saturated rings. The van der Waals surface area contributed by atoms with E-state index in [2.05, 4.69) is 43.9 Å². The highest BCUT2D eigenvalue weighted by Crippen LogP contribution is 2.15. The number of rotatable bonds is 2. The summed E-state index contributed by atoms with van der Waals surface area (Å²) in [4.78, 5) is 0. The minimum Gasteiger partial charge on any atom is -0.362 e. The predicted molar refractivity (Wildman–Crippen MR) is 67.8 cm³/mol. The van der Waals surface area contributed by atoms with Crippen LogP contribution in [0.15, 0.2) is 31.0 Å². The lowest BCUT2D eigenvalue weighted by Gasteiger charge is -2.05. The van der Waals surface area contributed by atoms with Crippen LogP contribution in [0.1, 0.15) is 32.4 Å². The molecule has 1 nitrogen and oxygen atoms in total. The van der Waals surface area contributed by atoms with Gasteiger partial charge in [-0.15, -0.1) is 0 Å². The van der Waals surface area contributed by atoms with E-state index in [1.54, 1.807) is 6.20 Å². The zero-order chi connectivity index (χ0) is 10.3. The van der Waals surface area contributed by atoms with Crippen molar-refractivity contribution in [1.82, 2.24) is 0 Å². The van der Waals surface area contributed by atoms with Crippen molar-refractivity contribution in [2.45, 2.75) is 35.1 Å². The van der Waals surface area contributed by atoms with E-state index in [9.17, 15) is 0 Å². The average molecular weight is 193 g/mol. The van der Waals surface area contributed by atoms with Crippen molar-refractivity contribution in [3.8, 4) is 0 Å². The van der Waals surface area contributed by atoms with Gasteiger partial charge in [-0.2, -0.15) is 0 Å². The van der Waals surface area contributed by atoms with Gasteiger partial charge in [-0.25, -0.2) is 0 Å². The van der Waals surface area contributed by atoms with Crippen molar-refractivity contribution >= 4 is 5.69 Å². The van der Waals surface area contributed by atoms with Gasteiger partial charge >= 0.3 is 0 Å². The molecule has 0 aliphatic rings.